The molecule has 0 atom stereocenters. The van der Waals surface area contributed by atoms with Crippen molar-refractivity contribution in [1.29, 1.82) is 0 Å². The summed E-state index contributed by atoms with van der Waals surface area (Å²) in [4.78, 5) is 37.8. The monoisotopic (exact) mass is 420 g/mol. The van der Waals surface area contributed by atoms with Crippen molar-refractivity contribution < 1.29 is 29.3 Å². The fourth-order valence-electron chi connectivity index (χ4n) is 3.29. The highest BCUT2D eigenvalue weighted by Crippen LogP contribution is 2.43. The van der Waals surface area contributed by atoms with E-state index in [0.29, 0.717) is 5.56 Å². The lowest BCUT2D eigenvalue weighted by atomic mass is 9.83. The van der Waals surface area contributed by atoms with E-state index in [9.17, 15) is 24.6 Å². The Morgan fingerprint density at radius 2 is 1.47 bits per heavy atom. The standard InChI is InChI=1S/C23H16O6S/c24-16-12-17(30-11-10-29-23(28)13-6-2-1-3-7-13)22(27)19-18(16)20(25)14-8-4-5-9-15(14)21(19)26/h1-9,12,24,27H,10-11H2. The molecule has 0 aromatic heterocycles. The minimum Gasteiger partial charge on any atom is -0.507 e. The summed E-state index contributed by atoms with van der Waals surface area (Å²) in [5, 5.41) is 21.0. The molecule has 150 valence electrons. The molecule has 1 aliphatic rings. The normalized spacial score (nSPS) is 12.3. The van der Waals surface area contributed by atoms with Gasteiger partial charge in [-0.2, -0.15) is 0 Å². The van der Waals surface area contributed by atoms with Crippen molar-refractivity contribution in [2.24, 2.45) is 0 Å². The lowest BCUT2D eigenvalue weighted by molar-refractivity contribution is 0.0530. The van der Waals surface area contributed by atoms with Gasteiger partial charge in [0.05, 0.1) is 21.6 Å². The van der Waals surface area contributed by atoms with Gasteiger partial charge in [0.25, 0.3) is 0 Å². The van der Waals surface area contributed by atoms with Crippen molar-refractivity contribution in [3.8, 4) is 11.5 Å². The first-order valence-corrected chi connectivity index (χ1v) is 10.1. The van der Waals surface area contributed by atoms with Gasteiger partial charge in [0.15, 0.2) is 11.6 Å². The zero-order chi connectivity index (χ0) is 21.3. The Balaban J connectivity index is 1.52. The van der Waals surface area contributed by atoms with Crippen molar-refractivity contribution in [3.05, 3.63) is 88.5 Å². The molecule has 0 spiro atoms. The summed E-state index contributed by atoms with van der Waals surface area (Å²) >= 11 is 1.11. The topological polar surface area (TPSA) is 101 Å². The molecule has 0 radical (unpaired) electrons. The molecule has 0 amide bonds. The van der Waals surface area contributed by atoms with Crippen molar-refractivity contribution in [2.45, 2.75) is 4.90 Å². The first-order chi connectivity index (χ1) is 14.5. The number of hydrogen-bond acceptors (Lipinski definition) is 7. The molecule has 1 aliphatic carbocycles. The third-order valence-corrected chi connectivity index (χ3v) is 5.69. The second-order valence-corrected chi connectivity index (χ2v) is 7.68. The van der Waals surface area contributed by atoms with E-state index in [4.69, 9.17) is 4.74 Å². The van der Waals surface area contributed by atoms with Crippen LogP contribution in [0, 0.1) is 0 Å². The predicted octanol–water partition coefficient (Wildman–Crippen LogP) is 3.82. The number of fused-ring (bicyclic) bond motifs is 2. The molecule has 2 N–H and O–H groups in total. The number of aromatic hydroxyl groups is 2. The summed E-state index contributed by atoms with van der Waals surface area (Å²) in [7, 11) is 0. The number of carbonyl (C=O) groups excluding carboxylic acids is 3. The molecule has 6 nitrogen and oxygen atoms in total. The third kappa shape index (κ3) is 3.44. The number of phenols is 2. The molecule has 0 aliphatic heterocycles. The highest BCUT2D eigenvalue weighted by Gasteiger charge is 2.35. The zero-order valence-electron chi connectivity index (χ0n) is 15.6. The number of benzene rings is 3. The molecule has 3 aromatic rings. The number of rotatable bonds is 5. The highest BCUT2D eigenvalue weighted by atomic mass is 32.2. The van der Waals surface area contributed by atoms with Crippen LogP contribution in [0.4, 0.5) is 0 Å². The Bertz CT molecular complexity index is 1170. The van der Waals surface area contributed by atoms with Gasteiger partial charge in [-0.1, -0.05) is 42.5 Å². The average Bonchev–Trinajstić information content (AvgIpc) is 2.77. The van der Waals surface area contributed by atoms with Crippen LogP contribution in [-0.2, 0) is 4.74 Å². The van der Waals surface area contributed by atoms with E-state index in [1.165, 1.54) is 18.2 Å². The van der Waals surface area contributed by atoms with Gasteiger partial charge in [0, 0.05) is 16.9 Å². The molecule has 0 bridgehead atoms. The maximum atomic E-state index is 12.9. The lowest BCUT2D eigenvalue weighted by Crippen LogP contribution is -2.21. The Morgan fingerprint density at radius 3 is 2.13 bits per heavy atom. The lowest BCUT2D eigenvalue weighted by Gasteiger charge is -2.20. The van der Waals surface area contributed by atoms with Gasteiger partial charge >= 0.3 is 5.97 Å². The van der Waals surface area contributed by atoms with E-state index in [-0.39, 0.29) is 51.0 Å². The largest absolute Gasteiger partial charge is 0.507 e. The smallest absolute Gasteiger partial charge is 0.338 e. The quantitative estimate of drug-likeness (QED) is 0.219. The first kappa shape index (κ1) is 19.7. The molecule has 0 fully saturated rings. The minimum absolute atomic E-state index is 0.0609. The van der Waals surface area contributed by atoms with Gasteiger partial charge in [0.2, 0.25) is 0 Å². The number of carbonyl (C=O) groups is 3. The van der Waals surface area contributed by atoms with E-state index in [1.54, 1.807) is 42.5 Å². The predicted molar refractivity (Wildman–Crippen MR) is 111 cm³/mol. The third-order valence-electron chi connectivity index (χ3n) is 4.70. The molecule has 0 saturated heterocycles. The summed E-state index contributed by atoms with van der Waals surface area (Å²) in [5.74, 6) is -1.96. The van der Waals surface area contributed by atoms with Crippen molar-refractivity contribution >= 4 is 29.3 Å². The van der Waals surface area contributed by atoms with E-state index in [2.05, 4.69) is 0 Å². The average molecular weight is 420 g/mol. The molecule has 30 heavy (non-hydrogen) atoms. The van der Waals surface area contributed by atoms with Crippen LogP contribution in [0.2, 0.25) is 0 Å². The number of phenolic OH excluding ortho intramolecular Hbond substituents is 2. The molecule has 0 heterocycles. The maximum Gasteiger partial charge on any atom is 0.338 e. The van der Waals surface area contributed by atoms with Gasteiger partial charge in [-0.25, -0.2) is 4.79 Å². The molecule has 4 rings (SSSR count). The van der Waals surface area contributed by atoms with Crippen LogP contribution >= 0.6 is 11.8 Å². The fraction of sp³-hybridized carbons (Fsp3) is 0.0870. The second-order valence-electron chi connectivity index (χ2n) is 6.55. The first-order valence-electron chi connectivity index (χ1n) is 9.11. The molecule has 0 saturated carbocycles. The Hall–Kier alpha value is -3.58. The number of ether oxygens (including phenoxy) is 1. The van der Waals surface area contributed by atoms with Crippen molar-refractivity contribution in [2.75, 3.05) is 12.4 Å². The minimum atomic E-state index is -0.522. The van der Waals surface area contributed by atoms with E-state index < -0.39 is 17.5 Å². The van der Waals surface area contributed by atoms with E-state index >= 15 is 0 Å². The van der Waals surface area contributed by atoms with E-state index in [0.717, 1.165) is 11.8 Å². The van der Waals surface area contributed by atoms with Crippen LogP contribution in [0.15, 0.2) is 65.6 Å². The van der Waals surface area contributed by atoms with E-state index in [1.807, 2.05) is 0 Å². The maximum absolute atomic E-state index is 12.9. The second kappa shape index (κ2) is 8.04. The van der Waals surface area contributed by atoms with Gasteiger partial charge in [-0.3, -0.25) is 9.59 Å². The van der Waals surface area contributed by atoms with Crippen molar-refractivity contribution in [3.63, 3.8) is 0 Å². The summed E-state index contributed by atoms with van der Waals surface area (Å²) in [6.07, 6.45) is 0. The zero-order valence-corrected chi connectivity index (χ0v) is 16.4. The van der Waals surface area contributed by atoms with Gasteiger partial charge < -0.3 is 14.9 Å². The Morgan fingerprint density at radius 1 is 0.867 bits per heavy atom. The van der Waals surface area contributed by atoms with Crippen molar-refractivity contribution in [1.82, 2.24) is 0 Å². The van der Waals surface area contributed by atoms with Gasteiger partial charge in [0.1, 0.15) is 18.1 Å². The summed E-state index contributed by atoms with van der Waals surface area (Å²) in [6.45, 7) is 0.0609. The molecular weight excluding hydrogens is 404 g/mol. The Labute approximate surface area is 176 Å². The van der Waals surface area contributed by atoms with Crippen LogP contribution in [0.25, 0.3) is 0 Å². The highest BCUT2D eigenvalue weighted by molar-refractivity contribution is 7.99. The molecule has 3 aromatic carbocycles. The van der Waals surface area contributed by atoms with Gasteiger partial charge in [-0.05, 0) is 18.2 Å². The number of thioether (sulfide) groups is 1. The Kier molecular flexibility index (Phi) is 5.29. The molecular formula is C23H16O6S. The van der Waals surface area contributed by atoms with Gasteiger partial charge in [-0.15, -0.1) is 11.8 Å². The fourth-order valence-corrected chi connectivity index (χ4v) is 4.11. The number of hydrogen-bond donors (Lipinski definition) is 2. The number of ketones is 2. The van der Waals surface area contributed by atoms with Crippen LogP contribution in [0.1, 0.15) is 42.2 Å². The van der Waals surface area contributed by atoms with Crippen LogP contribution in [0.3, 0.4) is 0 Å². The number of esters is 1. The summed E-state index contributed by atoms with van der Waals surface area (Å²) in [6, 6.07) is 16.1. The van der Waals surface area contributed by atoms with Crippen LogP contribution in [-0.4, -0.2) is 40.1 Å². The summed E-state index contributed by atoms with van der Waals surface area (Å²) in [5.41, 5.74) is 0.402. The van der Waals surface area contributed by atoms with Crippen LogP contribution in [0.5, 0.6) is 11.5 Å². The van der Waals surface area contributed by atoms with Crippen LogP contribution < -0.4 is 0 Å². The molecule has 0 unspecified atom stereocenters. The molecule has 7 heteroatoms. The SMILES string of the molecule is O=C(OCCSc1cc(O)c2c(c1O)C(=O)c1ccccc1C2=O)c1ccccc1. The summed E-state index contributed by atoms with van der Waals surface area (Å²) < 4.78 is 5.19.